The van der Waals surface area contributed by atoms with Gasteiger partial charge in [0.05, 0.1) is 6.54 Å². The van der Waals surface area contributed by atoms with Crippen molar-refractivity contribution in [3.05, 3.63) is 41.2 Å². The molecule has 1 aliphatic rings. The molecule has 8 heteroatoms. The van der Waals surface area contributed by atoms with Gasteiger partial charge in [-0.15, -0.1) is 0 Å². The summed E-state index contributed by atoms with van der Waals surface area (Å²) in [7, 11) is -4.30. The van der Waals surface area contributed by atoms with Gasteiger partial charge in [-0.2, -0.15) is 8.42 Å². The average molecular weight is 351 g/mol. The summed E-state index contributed by atoms with van der Waals surface area (Å²) in [6, 6.07) is 2.83. The van der Waals surface area contributed by atoms with Crippen LogP contribution >= 0.6 is 0 Å². The largest absolute Gasteiger partial charge is 0.446 e. The molecule has 0 amide bonds. The molecule has 0 radical (unpaired) electrons. The monoisotopic (exact) mass is 351 g/mol. The number of fused-ring (bicyclic) bond motifs is 1. The molecule has 0 spiro atoms. The Balaban J connectivity index is 1.73. The van der Waals surface area contributed by atoms with Crippen molar-refractivity contribution >= 4 is 10.1 Å². The lowest BCUT2D eigenvalue weighted by Gasteiger charge is -2.28. The normalized spacial score (nSPS) is 16.2. The van der Waals surface area contributed by atoms with E-state index in [0.29, 0.717) is 18.8 Å². The number of rotatable bonds is 3. The number of hydrogen-bond donors (Lipinski definition) is 1. The van der Waals surface area contributed by atoms with E-state index in [9.17, 15) is 8.42 Å². The third-order valence-corrected chi connectivity index (χ3v) is 4.68. The van der Waals surface area contributed by atoms with Crippen LogP contribution in [0.25, 0.3) is 0 Å². The second-order valence-corrected chi connectivity index (χ2v) is 8.42. The van der Waals surface area contributed by atoms with E-state index in [1.807, 2.05) is 6.20 Å². The fraction of sp³-hybridized carbons (Fsp3) is 0.500. The number of aromatic nitrogens is 2. The molecule has 0 fully saturated rings. The van der Waals surface area contributed by atoms with Crippen LogP contribution in [0.1, 0.15) is 43.6 Å². The highest BCUT2D eigenvalue weighted by molar-refractivity contribution is 7.85. The lowest BCUT2D eigenvalue weighted by atomic mass is 9.95. The first-order chi connectivity index (χ1) is 11.1. The highest BCUT2D eigenvalue weighted by Gasteiger charge is 2.24. The summed E-state index contributed by atoms with van der Waals surface area (Å²) in [5.41, 5.74) is 2.08. The molecule has 2 aromatic rings. The zero-order valence-corrected chi connectivity index (χ0v) is 14.8. The van der Waals surface area contributed by atoms with Crippen molar-refractivity contribution in [1.29, 1.82) is 0 Å². The van der Waals surface area contributed by atoms with Crippen molar-refractivity contribution in [2.45, 2.75) is 50.8 Å². The predicted octanol–water partition coefficient (Wildman–Crippen LogP) is 2.17. The Labute approximate surface area is 141 Å². The predicted molar refractivity (Wildman–Crippen MR) is 87.1 cm³/mol. The van der Waals surface area contributed by atoms with Gasteiger partial charge in [0.2, 0.25) is 5.09 Å². The van der Waals surface area contributed by atoms with Crippen molar-refractivity contribution in [2.75, 3.05) is 6.54 Å². The molecule has 3 heterocycles. The smallest absolute Gasteiger partial charge is 0.328 e. The average Bonchev–Trinajstić information content (AvgIpc) is 2.94. The van der Waals surface area contributed by atoms with Crippen molar-refractivity contribution in [1.82, 2.24) is 14.9 Å². The SMILES string of the molecule is CC(C)(C)c1ncc2c(n1)CCN(Cc1ccc(S(=O)(=O)O)o1)C2. The molecule has 130 valence electrons. The van der Waals surface area contributed by atoms with Crippen molar-refractivity contribution in [2.24, 2.45) is 0 Å². The second kappa shape index (κ2) is 5.94. The molecule has 0 aromatic carbocycles. The van der Waals surface area contributed by atoms with E-state index in [4.69, 9.17) is 8.97 Å². The minimum Gasteiger partial charge on any atom is -0.446 e. The molecule has 7 nitrogen and oxygen atoms in total. The van der Waals surface area contributed by atoms with E-state index in [1.54, 1.807) is 6.07 Å². The standard InChI is InChI=1S/C16H21N3O4S/c1-16(2,3)15-17-8-11-9-19(7-6-13(11)18-15)10-12-4-5-14(23-12)24(20,21)22/h4-5,8H,6-7,9-10H2,1-3H3,(H,20,21,22). The third kappa shape index (κ3) is 3.66. The van der Waals surface area contributed by atoms with Crippen LogP contribution in [0.5, 0.6) is 0 Å². The van der Waals surface area contributed by atoms with E-state index in [1.165, 1.54) is 6.07 Å². The quantitative estimate of drug-likeness (QED) is 0.847. The zero-order chi connectivity index (χ0) is 17.5. The van der Waals surface area contributed by atoms with Gasteiger partial charge in [-0.05, 0) is 12.1 Å². The van der Waals surface area contributed by atoms with Crippen LogP contribution in [0, 0.1) is 0 Å². The Morgan fingerprint density at radius 1 is 1.33 bits per heavy atom. The van der Waals surface area contributed by atoms with E-state index in [2.05, 4.69) is 35.6 Å². The summed E-state index contributed by atoms with van der Waals surface area (Å²) in [5, 5.41) is -0.423. The van der Waals surface area contributed by atoms with Gasteiger partial charge in [-0.25, -0.2) is 9.97 Å². The molecule has 24 heavy (non-hydrogen) atoms. The highest BCUT2D eigenvalue weighted by atomic mass is 32.2. The molecule has 0 saturated carbocycles. The molecule has 1 aliphatic heterocycles. The molecule has 0 bridgehead atoms. The van der Waals surface area contributed by atoms with Gasteiger partial charge in [-0.1, -0.05) is 20.8 Å². The lowest BCUT2D eigenvalue weighted by Crippen LogP contribution is -2.31. The molecule has 1 N–H and O–H groups in total. The Hall–Kier alpha value is -1.77. The molecule has 0 atom stereocenters. The van der Waals surface area contributed by atoms with Crippen LogP contribution in [0.15, 0.2) is 27.8 Å². The van der Waals surface area contributed by atoms with Gasteiger partial charge in [0, 0.05) is 42.4 Å². The Kier molecular flexibility index (Phi) is 4.23. The Bertz CT molecular complexity index is 852. The first-order valence-electron chi connectivity index (χ1n) is 7.77. The van der Waals surface area contributed by atoms with Crippen molar-refractivity contribution in [3.63, 3.8) is 0 Å². The minimum atomic E-state index is -4.30. The zero-order valence-electron chi connectivity index (χ0n) is 14.0. The maximum atomic E-state index is 11.0. The highest BCUT2D eigenvalue weighted by Crippen LogP contribution is 2.24. The minimum absolute atomic E-state index is 0.0769. The molecule has 0 saturated heterocycles. The van der Waals surface area contributed by atoms with E-state index < -0.39 is 15.2 Å². The van der Waals surface area contributed by atoms with Crippen LogP contribution in [-0.2, 0) is 35.0 Å². The fourth-order valence-electron chi connectivity index (χ4n) is 2.67. The summed E-state index contributed by atoms with van der Waals surface area (Å²) in [6.07, 6.45) is 2.69. The van der Waals surface area contributed by atoms with Crippen LogP contribution in [0.3, 0.4) is 0 Å². The Morgan fingerprint density at radius 2 is 2.08 bits per heavy atom. The van der Waals surface area contributed by atoms with E-state index in [-0.39, 0.29) is 5.41 Å². The van der Waals surface area contributed by atoms with Crippen molar-refractivity contribution < 1.29 is 17.4 Å². The topological polar surface area (TPSA) is 96.5 Å². The number of nitrogens with zero attached hydrogens (tertiary/aromatic N) is 3. The van der Waals surface area contributed by atoms with Gasteiger partial charge in [-0.3, -0.25) is 9.45 Å². The fourth-order valence-corrected chi connectivity index (χ4v) is 3.13. The van der Waals surface area contributed by atoms with Crippen molar-refractivity contribution in [3.8, 4) is 0 Å². The van der Waals surface area contributed by atoms with Gasteiger partial charge >= 0.3 is 10.1 Å². The first-order valence-corrected chi connectivity index (χ1v) is 9.21. The second-order valence-electron chi connectivity index (χ2n) is 7.07. The summed E-state index contributed by atoms with van der Waals surface area (Å²) in [4.78, 5) is 11.3. The lowest BCUT2D eigenvalue weighted by molar-refractivity contribution is 0.216. The molecular weight excluding hydrogens is 330 g/mol. The summed E-state index contributed by atoms with van der Waals surface area (Å²) in [5.74, 6) is 1.34. The molecule has 0 unspecified atom stereocenters. The summed E-state index contributed by atoms with van der Waals surface area (Å²) >= 11 is 0. The molecule has 0 aliphatic carbocycles. The maximum absolute atomic E-state index is 11.0. The summed E-state index contributed by atoms with van der Waals surface area (Å²) < 4.78 is 36.3. The van der Waals surface area contributed by atoms with Crippen LogP contribution in [0.2, 0.25) is 0 Å². The van der Waals surface area contributed by atoms with Gasteiger partial charge in [0.1, 0.15) is 11.6 Å². The van der Waals surface area contributed by atoms with Gasteiger partial charge in [0.25, 0.3) is 0 Å². The van der Waals surface area contributed by atoms with Gasteiger partial charge < -0.3 is 4.42 Å². The third-order valence-electron chi connectivity index (χ3n) is 3.95. The van der Waals surface area contributed by atoms with Crippen LogP contribution < -0.4 is 0 Å². The Morgan fingerprint density at radius 3 is 2.71 bits per heavy atom. The maximum Gasteiger partial charge on any atom is 0.328 e. The molecule has 3 rings (SSSR count). The molecular formula is C16H21N3O4S. The molecule has 2 aromatic heterocycles. The number of hydrogen-bond acceptors (Lipinski definition) is 6. The summed E-state index contributed by atoms with van der Waals surface area (Å²) in [6.45, 7) is 8.22. The van der Waals surface area contributed by atoms with Gasteiger partial charge in [0.15, 0.2) is 0 Å². The van der Waals surface area contributed by atoms with E-state index >= 15 is 0 Å². The van der Waals surface area contributed by atoms with Crippen LogP contribution in [-0.4, -0.2) is 34.4 Å². The number of furan rings is 1. The van der Waals surface area contributed by atoms with E-state index in [0.717, 1.165) is 30.0 Å². The first kappa shape index (κ1) is 17.1. The van der Waals surface area contributed by atoms with Crippen LogP contribution in [0.4, 0.5) is 0 Å².